The largest absolute Gasteiger partial charge is 0.389 e. The van der Waals surface area contributed by atoms with Gasteiger partial charge in [-0.1, -0.05) is 48.9 Å². The first-order chi connectivity index (χ1) is 10.6. The average molecular weight is 355 g/mol. The third-order valence-electron chi connectivity index (χ3n) is 3.88. The Hall–Kier alpha value is -1.26. The average Bonchev–Trinajstić information content (AvgIpc) is 2.54. The molecule has 0 saturated carbocycles. The first kappa shape index (κ1) is 19.8. The monoisotopic (exact) mass is 354 g/mol. The van der Waals surface area contributed by atoms with Gasteiger partial charge in [0, 0.05) is 17.3 Å². The molecule has 0 heterocycles. The summed E-state index contributed by atoms with van der Waals surface area (Å²) in [6, 6.07) is 17.5. The van der Waals surface area contributed by atoms with E-state index in [-0.39, 0.29) is 12.4 Å². The SMILES string of the molecule is CCNCC(O)C(C)(Nc1ccccc1)c1ccc(Cl)cc1.Cl. The number of para-hydroxylation sites is 1. The molecule has 126 valence electrons. The molecule has 0 aromatic heterocycles. The van der Waals surface area contributed by atoms with Gasteiger partial charge in [0.1, 0.15) is 0 Å². The van der Waals surface area contributed by atoms with Crippen molar-refractivity contribution in [3.8, 4) is 0 Å². The van der Waals surface area contributed by atoms with Crippen LogP contribution in [0.4, 0.5) is 5.69 Å². The van der Waals surface area contributed by atoms with Crippen molar-refractivity contribution in [1.29, 1.82) is 0 Å². The van der Waals surface area contributed by atoms with Crippen molar-refractivity contribution in [1.82, 2.24) is 5.32 Å². The van der Waals surface area contributed by atoms with E-state index in [9.17, 15) is 5.11 Å². The molecular formula is C18H24Cl2N2O. The maximum absolute atomic E-state index is 10.7. The number of rotatable bonds is 7. The molecule has 0 aliphatic carbocycles. The third-order valence-corrected chi connectivity index (χ3v) is 4.13. The molecule has 2 unspecified atom stereocenters. The van der Waals surface area contributed by atoms with E-state index in [1.54, 1.807) is 0 Å². The molecule has 0 radical (unpaired) electrons. The van der Waals surface area contributed by atoms with Crippen LogP contribution in [-0.2, 0) is 5.54 Å². The van der Waals surface area contributed by atoms with Crippen molar-refractivity contribution >= 4 is 29.7 Å². The van der Waals surface area contributed by atoms with Crippen LogP contribution >= 0.6 is 24.0 Å². The number of halogens is 2. The fourth-order valence-electron chi connectivity index (χ4n) is 2.45. The van der Waals surface area contributed by atoms with Gasteiger partial charge in [-0.3, -0.25) is 0 Å². The Morgan fingerprint density at radius 1 is 1.09 bits per heavy atom. The normalized spacial score (nSPS) is 14.4. The summed E-state index contributed by atoms with van der Waals surface area (Å²) in [5.74, 6) is 0. The molecule has 23 heavy (non-hydrogen) atoms. The van der Waals surface area contributed by atoms with Gasteiger partial charge in [0.25, 0.3) is 0 Å². The second-order valence-electron chi connectivity index (χ2n) is 5.52. The quantitative estimate of drug-likeness (QED) is 0.702. The van der Waals surface area contributed by atoms with E-state index >= 15 is 0 Å². The predicted octanol–water partition coefficient (Wildman–Crippen LogP) is 4.06. The lowest BCUT2D eigenvalue weighted by molar-refractivity contribution is 0.104. The van der Waals surface area contributed by atoms with Crippen LogP contribution in [0.15, 0.2) is 54.6 Å². The van der Waals surface area contributed by atoms with Gasteiger partial charge >= 0.3 is 0 Å². The number of likely N-dealkylation sites (N-methyl/N-ethyl adjacent to an activating group) is 1. The van der Waals surface area contributed by atoms with Crippen LogP contribution in [-0.4, -0.2) is 24.3 Å². The van der Waals surface area contributed by atoms with Crippen molar-refractivity contribution < 1.29 is 5.11 Å². The van der Waals surface area contributed by atoms with Crippen LogP contribution in [0.2, 0.25) is 5.02 Å². The number of aliphatic hydroxyl groups excluding tert-OH is 1. The molecule has 2 atom stereocenters. The molecule has 0 saturated heterocycles. The van der Waals surface area contributed by atoms with Gasteiger partial charge in [-0.05, 0) is 43.3 Å². The fraction of sp³-hybridized carbons (Fsp3) is 0.333. The fourth-order valence-corrected chi connectivity index (χ4v) is 2.58. The topological polar surface area (TPSA) is 44.3 Å². The van der Waals surface area contributed by atoms with Gasteiger partial charge in [-0.25, -0.2) is 0 Å². The Morgan fingerprint density at radius 3 is 2.26 bits per heavy atom. The van der Waals surface area contributed by atoms with E-state index in [0.29, 0.717) is 11.6 Å². The van der Waals surface area contributed by atoms with E-state index < -0.39 is 11.6 Å². The lowest BCUT2D eigenvalue weighted by Gasteiger charge is -2.37. The highest BCUT2D eigenvalue weighted by molar-refractivity contribution is 6.30. The van der Waals surface area contributed by atoms with E-state index in [4.69, 9.17) is 11.6 Å². The van der Waals surface area contributed by atoms with Crippen LogP contribution in [0.1, 0.15) is 19.4 Å². The number of benzene rings is 2. The first-order valence-corrected chi connectivity index (χ1v) is 7.92. The summed E-state index contributed by atoms with van der Waals surface area (Å²) >= 11 is 5.99. The van der Waals surface area contributed by atoms with Crippen LogP contribution in [0.25, 0.3) is 0 Å². The van der Waals surface area contributed by atoms with E-state index in [1.165, 1.54) is 0 Å². The molecule has 0 aliphatic heterocycles. The Balaban J connectivity index is 0.00000264. The van der Waals surface area contributed by atoms with Crippen LogP contribution < -0.4 is 10.6 Å². The highest BCUT2D eigenvalue weighted by Gasteiger charge is 2.34. The zero-order valence-electron chi connectivity index (χ0n) is 13.4. The van der Waals surface area contributed by atoms with Gasteiger partial charge in [0.2, 0.25) is 0 Å². The minimum Gasteiger partial charge on any atom is -0.389 e. The van der Waals surface area contributed by atoms with Gasteiger partial charge in [-0.2, -0.15) is 0 Å². The smallest absolute Gasteiger partial charge is 0.0933 e. The van der Waals surface area contributed by atoms with Crippen molar-refractivity contribution in [2.45, 2.75) is 25.5 Å². The van der Waals surface area contributed by atoms with Crippen molar-refractivity contribution in [2.75, 3.05) is 18.4 Å². The highest BCUT2D eigenvalue weighted by Crippen LogP contribution is 2.30. The minimum atomic E-state index is -0.617. The minimum absolute atomic E-state index is 0. The molecular weight excluding hydrogens is 331 g/mol. The standard InChI is InChI=1S/C18H23ClN2O.ClH/c1-3-20-13-17(22)18(2,14-9-11-15(19)12-10-14)21-16-7-5-4-6-8-16;/h4-12,17,20-22H,3,13H2,1-2H3;1H. The zero-order chi connectivity index (χ0) is 16.0. The zero-order valence-corrected chi connectivity index (χ0v) is 15.0. The van der Waals surface area contributed by atoms with Crippen LogP contribution in [0.3, 0.4) is 0 Å². The molecule has 3 N–H and O–H groups in total. The van der Waals surface area contributed by atoms with E-state index in [1.807, 2.05) is 68.4 Å². The van der Waals surface area contributed by atoms with Gasteiger partial charge in [-0.15, -0.1) is 12.4 Å². The van der Waals surface area contributed by atoms with Crippen molar-refractivity contribution in [3.05, 3.63) is 65.2 Å². The van der Waals surface area contributed by atoms with Crippen LogP contribution in [0.5, 0.6) is 0 Å². The maximum Gasteiger partial charge on any atom is 0.0933 e. The van der Waals surface area contributed by atoms with Crippen molar-refractivity contribution in [3.63, 3.8) is 0 Å². The number of anilines is 1. The molecule has 0 fully saturated rings. The molecule has 0 amide bonds. The van der Waals surface area contributed by atoms with E-state index in [2.05, 4.69) is 10.6 Å². The predicted molar refractivity (Wildman–Crippen MR) is 101 cm³/mol. The number of nitrogens with one attached hydrogen (secondary N) is 2. The Kier molecular flexibility index (Phi) is 7.86. The van der Waals surface area contributed by atoms with Crippen molar-refractivity contribution in [2.24, 2.45) is 0 Å². The number of hydrogen-bond acceptors (Lipinski definition) is 3. The molecule has 2 aromatic carbocycles. The van der Waals surface area contributed by atoms with Crippen LogP contribution in [0, 0.1) is 0 Å². The number of hydrogen-bond donors (Lipinski definition) is 3. The van der Waals surface area contributed by atoms with E-state index in [0.717, 1.165) is 17.8 Å². The Morgan fingerprint density at radius 2 is 1.70 bits per heavy atom. The lowest BCUT2D eigenvalue weighted by Crippen LogP contribution is -2.48. The summed E-state index contributed by atoms with van der Waals surface area (Å²) in [5, 5.41) is 18.1. The summed E-state index contributed by atoms with van der Waals surface area (Å²) in [6.07, 6.45) is -0.589. The second-order valence-corrected chi connectivity index (χ2v) is 5.96. The molecule has 5 heteroatoms. The first-order valence-electron chi connectivity index (χ1n) is 7.54. The summed E-state index contributed by atoms with van der Waals surface area (Å²) in [5.41, 5.74) is 1.34. The third kappa shape index (κ3) is 5.11. The molecule has 2 aromatic rings. The molecule has 2 rings (SSSR count). The lowest BCUT2D eigenvalue weighted by atomic mass is 9.85. The number of aliphatic hydroxyl groups is 1. The summed E-state index contributed by atoms with van der Waals surface area (Å²) in [6.45, 7) is 5.36. The highest BCUT2D eigenvalue weighted by atomic mass is 35.5. The summed E-state index contributed by atoms with van der Waals surface area (Å²) < 4.78 is 0. The molecule has 3 nitrogen and oxygen atoms in total. The van der Waals surface area contributed by atoms with Gasteiger partial charge < -0.3 is 15.7 Å². The summed E-state index contributed by atoms with van der Waals surface area (Å²) in [4.78, 5) is 0. The second kappa shape index (κ2) is 9.14. The van der Waals surface area contributed by atoms with Gasteiger partial charge in [0.15, 0.2) is 0 Å². The maximum atomic E-state index is 10.7. The van der Waals surface area contributed by atoms with Gasteiger partial charge in [0.05, 0.1) is 11.6 Å². The molecule has 0 spiro atoms. The summed E-state index contributed by atoms with van der Waals surface area (Å²) in [7, 11) is 0. The Bertz CT molecular complexity index is 577. The Labute approximate surface area is 149 Å². The molecule has 0 aliphatic rings. The molecule has 0 bridgehead atoms.